The summed E-state index contributed by atoms with van der Waals surface area (Å²) in [7, 11) is 0. The number of fused-ring (bicyclic) bond motifs is 1. The molecule has 2 saturated heterocycles. The Bertz CT molecular complexity index is 1280. The van der Waals surface area contributed by atoms with Crippen molar-refractivity contribution in [2.24, 2.45) is 0 Å². The van der Waals surface area contributed by atoms with Gasteiger partial charge in [0.25, 0.3) is 11.8 Å². The molecule has 48 heavy (non-hydrogen) atoms. The van der Waals surface area contributed by atoms with Crippen LogP contribution in [0.25, 0.3) is 0 Å². The molecule has 5 amide bonds. The molecule has 0 aliphatic carbocycles. The first-order chi connectivity index (χ1) is 23.0. The molecule has 0 saturated carbocycles. The van der Waals surface area contributed by atoms with Gasteiger partial charge in [-0.15, -0.1) is 0 Å². The maximum Gasteiger partial charge on any atom is 0.407 e. The fraction of sp³-hybridized carbons (Fsp3) is 0.676. The average Bonchev–Trinajstić information content (AvgIpc) is 3.28. The van der Waals surface area contributed by atoms with Gasteiger partial charge in [0, 0.05) is 57.6 Å². The molecule has 3 aliphatic heterocycles. The second-order valence-corrected chi connectivity index (χ2v) is 13.3. The Morgan fingerprint density at radius 3 is 2.27 bits per heavy atom. The molecular formula is C34H51N5O9. The topological polar surface area (TPSA) is 165 Å². The third kappa shape index (κ3) is 11.2. The number of hydrogen-bond donors (Lipinski definition) is 3. The van der Waals surface area contributed by atoms with Crippen molar-refractivity contribution in [1.29, 1.82) is 0 Å². The average molecular weight is 674 g/mol. The zero-order chi connectivity index (χ0) is 34.5. The predicted octanol–water partition coefficient (Wildman–Crippen LogP) is 2.71. The number of hydrogen-bond acceptors (Lipinski definition) is 11. The van der Waals surface area contributed by atoms with Gasteiger partial charge >= 0.3 is 6.09 Å². The van der Waals surface area contributed by atoms with Gasteiger partial charge in [-0.05, 0) is 78.0 Å². The third-order valence-corrected chi connectivity index (χ3v) is 8.30. The lowest BCUT2D eigenvalue weighted by atomic mass is 10.0. The van der Waals surface area contributed by atoms with E-state index in [4.69, 9.17) is 18.9 Å². The number of rotatable bonds is 18. The molecule has 0 aromatic heterocycles. The Hall–Kier alpha value is -3.59. The van der Waals surface area contributed by atoms with Crippen LogP contribution < -0.4 is 16.0 Å². The van der Waals surface area contributed by atoms with Crippen molar-refractivity contribution in [3.8, 4) is 0 Å². The molecule has 14 heteroatoms. The lowest BCUT2D eigenvalue weighted by Crippen LogP contribution is -2.54. The number of unbranched alkanes of at least 4 members (excludes halogenated alkanes) is 1. The van der Waals surface area contributed by atoms with Gasteiger partial charge in [0.1, 0.15) is 11.6 Å². The SMILES string of the molecule is CC(C)(C)OC(=O)NC1CCN(CCCCOCCCOCCOCCNc2cccc3c2C(=O)N(C2CCC(=O)NC2=O)C3=O)CC1. The van der Waals surface area contributed by atoms with E-state index in [1.807, 2.05) is 20.8 Å². The quantitative estimate of drug-likeness (QED) is 0.155. The van der Waals surface area contributed by atoms with E-state index in [9.17, 15) is 24.0 Å². The highest BCUT2D eigenvalue weighted by Gasteiger charge is 2.45. The summed E-state index contributed by atoms with van der Waals surface area (Å²) >= 11 is 0. The zero-order valence-corrected chi connectivity index (χ0v) is 28.5. The van der Waals surface area contributed by atoms with E-state index in [0.717, 1.165) is 63.2 Å². The van der Waals surface area contributed by atoms with Crippen LogP contribution in [0.2, 0.25) is 0 Å². The van der Waals surface area contributed by atoms with Gasteiger partial charge in [0.05, 0.1) is 30.9 Å². The number of nitrogens with zero attached hydrogens (tertiary/aromatic N) is 2. The van der Waals surface area contributed by atoms with Gasteiger partial charge in [0.15, 0.2) is 0 Å². The molecule has 14 nitrogen and oxygen atoms in total. The number of piperidine rings is 2. The van der Waals surface area contributed by atoms with Crippen molar-refractivity contribution < 1.29 is 42.9 Å². The van der Waals surface area contributed by atoms with E-state index in [1.165, 1.54) is 0 Å². The number of ether oxygens (including phenoxy) is 4. The van der Waals surface area contributed by atoms with Gasteiger partial charge in [-0.25, -0.2) is 4.79 Å². The minimum Gasteiger partial charge on any atom is -0.444 e. The molecule has 1 aromatic carbocycles. The minimum atomic E-state index is -0.999. The lowest BCUT2D eigenvalue weighted by molar-refractivity contribution is -0.136. The molecule has 266 valence electrons. The van der Waals surface area contributed by atoms with Crippen LogP contribution in [0.1, 0.15) is 86.4 Å². The Morgan fingerprint density at radius 1 is 0.875 bits per heavy atom. The summed E-state index contributed by atoms with van der Waals surface area (Å²) in [5, 5.41) is 8.34. The number of anilines is 1. The van der Waals surface area contributed by atoms with Crippen LogP contribution in [0.5, 0.6) is 0 Å². The van der Waals surface area contributed by atoms with E-state index < -0.39 is 35.3 Å². The standard InChI is InChI=1S/C34H51N5O9/c1-34(2,3)48-33(44)36-24-12-16-38(17-13-24)15-4-5-18-45-19-7-20-46-22-23-47-21-14-35-26-9-6-8-25-29(26)32(43)39(31(25)42)27-10-11-28(40)37-30(27)41/h6,8-9,24,27,35H,4-5,7,10-23H2,1-3H3,(H,36,44)(H,37,40,41). The van der Waals surface area contributed by atoms with Crippen LogP contribution in [0.15, 0.2) is 18.2 Å². The number of nitrogens with one attached hydrogen (secondary N) is 3. The van der Waals surface area contributed by atoms with E-state index in [1.54, 1.807) is 18.2 Å². The third-order valence-electron chi connectivity index (χ3n) is 8.30. The Morgan fingerprint density at radius 2 is 1.56 bits per heavy atom. The molecule has 0 radical (unpaired) electrons. The smallest absolute Gasteiger partial charge is 0.407 e. The second-order valence-electron chi connectivity index (χ2n) is 13.3. The van der Waals surface area contributed by atoms with Crippen LogP contribution >= 0.6 is 0 Å². The predicted molar refractivity (Wildman–Crippen MR) is 177 cm³/mol. The number of imide groups is 2. The number of alkyl carbamates (subject to hydrolysis) is 1. The largest absolute Gasteiger partial charge is 0.444 e. The highest BCUT2D eigenvalue weighted by Crippen LogP contribution is 2.32. The molecule has 1 atom stereocenters. The summed E-state index contributed by atoms with van der Waals surface area (Å²) in [6.45, 7) is 12.2. The van der Waals surface area contributed by atoms with Crippen LogP contribution in [-0.4, -0.2) is 123 Å². The Labute approximate surface area is 282 Å². The summed E-state index contributed by atoms with van der Waals surface area (Å²) in [6, 6.07) is 4.13. The van der Waals surface area contributed by atoms with Crippen molar-refractivity contribution in [2.45, 2.75) is 83.4 Å². The van der Waals surface area contributed by atoms with Crippen molar-refractivity contribution >= 4 is 35.4 Å². The van der Waals surface area contributed by atoms with Gasteiger partial charge in [-0.2, -0.15) is 0 Å². The number of likely N-dealkylation sites (tertiary alicyclic amines) is 1. The molecular weight excluding hydrogens is 622 g/mol. The molecule has 4 rings (SSSR count). The van der Waals surface area contributed by atoms with Gasteiger partial charge < -0.3 is 34.5 Å². The van der Waals surface area contributed by atoms with E-state index >= 15 is 0 Å². The van der Waals surface area contributed by atoms with Crippen LogP contribution in [-0.2, 0) is 28.5 Å². The van der Waals surface area contributed by atoms with Crippen LogP contribution in [0.3, 0.4) is 0 Å². The first-order valence-corrected chi connectivity index (χ1v) is 17.1. The monoisotopic (exact) mass is 673 g/mol. The number of carbonyl (C=O) groups excluding carboxylic acids is 5. The van der Waals surface area contributed by atoms with E-state index in [-0.39, 0.29) is 36.1 Å². The summed E-state index contributed by atoms with van der Waals surface area (Å²) in [5.41, 5.74) is 0.473. The highest BCUT2D eigenvalue weighted by molar-refractivity contribution is 6.25. The molecule has 2 fully saturated rings. The Kier molecular flexibility index (Phi) is 14.2. The minimum absolute atomic E-state index is 0.0746. The summed E-state index contributed by atoms with van der Waals surface area (Å²) < 4.78 is 22.3. The molecule has 1 unspecified atom stereocenters. The molecule has 3 heterocycles. The van der Waals surface area contributed by atoms with E-state index in [2.05, 4.69) is 20.9 Å². The normalized spacial score (nSPS) is 19.0. The lowest BCUT2D eigenvalue weighted by Gasteiger charge is -2.32. The van der Waals surface area contributed by atoms with Crippen LogP contribution in [0.4, 0.5) is 10.5 Å². The molecule has 0 bridgehead atoms. The summed E-state index contributed by atoms with van der Waals surface area (Å²) in [4.78, 5) is 65.3. The van der Waals surface area contributed by atoms with Gasteiger partial charge in [-0.3, -0.25) is 29.4 Å². The molecule has 3 N–H and O–H groups in total. The van der Waals surface area contributed by atoms with Crippen molar-refractivity contribution in [1.82, 2.24) is 20.4 Å². The fourth-order valence-corrected chi connectivity index (χ4v) is 5.92. The maximum atomic E-state index is 13.2. The fourth-order valence-electron chi connectivity index (χ4n) is 5.92. The second kappa shape index (κ2) is 18.2. The first-order valence-electron chi connectivity index (χ1n) is 17.1. The van der Waals surface area contributed by atoms with Crippen molar-refractivity contribution in [2.75, 3.05) is 71.1 Å². The van der Waals surface area contributed by atoms with Crippen molar-refractivity contribution in [3.05, 3.63) is 29.3 Å². The summed E-state index contributed by atoms with van der Waals surface area (Å²) in [5.74, 6) is -2.13. The van der Waals surface area contributed by atoms with E-state index in [0.29, 0.717) is 45.3 Å². The number of carbonyl (C=O) groups is 5. The Balaban J connectivity index is 0.965. The zero-order valence-electron chi connectivity index (χ0n) is 28.5. The summed E-state index contributed by atoms with van der Waals surface area (Å²) in [6.07, 6.45) is 4.62. The molecule has 3 aliphatic rings. The maximum absolute atomic E-state index is 13.2. The van der Waals surface area contributed by atoms with Crippen LogP contribution in [0, 0.1) is 0 Å². The molecule has 0 spiro atoms. The first kappa shape index (κ1) is 37.2. The van der Waals surface area contributed by atoms with Crippen molar-refractivity contribution in [3.63, 3.8) is 0 Å². The molecule has 1 aromatic rings. The number of amides is 5. The van der Waals surface area contributed by atoms with Gasteiger partial charge in [0.2, 0.25) is 11.8 Å². The van der Waals surface area contributed by atoms with Gasteiger partial charge in [-0.1, -0.05) is 6.07 Å². The number of benzene rings is 1. The highest BCUT2D eigenvalue weighted by atomic mass is 16.6.